The Morgan fingerprint density at radius 1 is 1.19 bits per heavy atom. The number of hydrogen-bond acceptors (Lipinski definition) is 2. The Labute approximate surface area is 153 Å². The van der Waals surface area contributed by atoms with Gasteiger partial charge < -0.3 is 5.32 Å². The number of hydrogen-bond donors (Lipinski definition) is 1. The van der Waals surface area contributed by atoms with Gasteiger partial charge in [0.2, 0.25) is 5.91 Å². The maximum Gasteiger partial charge on any atom is 0.283 e. The molecule has 0 radical (unpaired) electrons. The van der Waals surface area contributed by atoms with Crippen molar-refractivity contribution in [3.63, 3.8) is 0 Å². The Bertz CT molecular complexity index is 762. The highest BCUT2D eigenvalue weighted by atomic mass is 35.5. The summed E-state index contributed by atoms with van der Waals surface area (Å²) >= 11 is 5.57. The van der Waals surface area contributed by atoms with Gasteiger partial charge in [-0.25, -0.2) is 17.6 Å². The van der Waals surface area contributed by atoms with Gasteiger partial charge in [0, 0.05) is 0 Å². The van der Waals surface area contributed by atoms with Gasteiger partial charge in [-0.1, -0.05) is 48.4 Å². The lowest BCUT2D eigenvalue weighted by Crippen LogP contribution is -2.32. The van der Waals surface area contributed by atoms with E-state index in [-0.39, 0.29) is 6.04 Å². The molecule has 1 heterocycles. The van der Waals surface area contributed by atoms with E-state index in [0.29, 0.717) is 11.1 Å². The van der Waals surface area contributed by atoms with Crippen LogP contribution in [0.5, 0.6) is 0 Å². The molecule has 0 saturated carbocycles. The van der Waals surface area contributed by atoms with Crippen LogP contribution in [-0.2, 0) is 11.3 Å². The van der Waals surface area contributed by atoms with E-state index in [2.05, 4.69) is 10.4 Å². The average molecular weight is 392 g/mol. The molecule has 0 bridgehead atoms. The number of nitrogens with one attached hydrogen (secondary N) is 1. The lowest BCUT2D eigenvalue weighted by Gasteiger charge is -2.18. The number of aromatic nitrogens is 2. The first kappa shape index (κ1) is 20.2. The molecule has 1 N–H and O–H groups in total. The maximum absolute atomic E-state index is 13.1. The second-order valence-electron chi connectivity index (χ2n) is 5.78. The standard InChI is InChI=1S/C17H18ClF4N3O/c1-3-11(10-6-4-9(2)5-7-10)23-12(26)8-25-15(17(21)22)13(18)14(24-25)16(19)20/h4-7,11,16-17H,3,8H2,1-2H3,(H,23,26). The van der Waals surface area contributed by atoms with Crippen LogP contribution in [-0.4, -0.2) is 15.7 Å². The number of nitrogens with zero attached hydrogens (tertiary/aromatic N) is 2. The molecule has 4 nitrogen and oxygen atoms in total. The Morgan fingerprint density at radius 2 is 1.81 bits per heavy atom. The number of carbonyl (C=O) groups is 1. The minimum Gasteiger partial charge on any atom is -0.348 e. The zero-order valence-electron chi connectivity index (χ0n) is 14.1. The molecule has 9 heteroatoms. The molecule has 0 saturated heterocycles. The summed E-state index contributed by atoms with van der Waals surface area (Å²) in [6.07, 6.45) is -5.67. The topological polar surface area (TPSA) is 46.9 Å². The second-order valence-corrected chi connectivity index (χ2v) is 6.16. The molecule has 0 aliphatic rings. The van der Waals surface area contributed by atoms with E-state index in [1.54, 1.807) is 0 Å². The number of rotatable bonds is 7. The molecule has 1 unspecified atom stereocenters. The van der Waals surface area contributed by atoms with E-state index in [9.17, 15) is 22.4 Å². The van der Waals surface area contributed by atoms with E-state index in [4.69, 9.17) is 11.6 Å². The van der Waals surface area contributed by atoms with Gasteiger partial charge in [-0.15, -0.1) is 0 Å². The fourth-order valence-electron chi connectivity index (χ4n) is 2.54. The minimum absolute atomic E-state index is 0.335. The summed E-state index contributed by atoms with van der Waals surface area (Å²) in [5.74, 6) is -0.626. The number of amides is 1. The van der Waals surface area contributed by atoms with Gasteiger partial charge in [-0.3, -0.25) is 9.48 Å². The summed E-state index contributed by atoms with van der Waals surface area (Å²) in [6, 6.07) is 7.16. The van der Waals surface area contributed by atoms with Gasteiger partial charge in [0.1, 0.15) is 17.9 Å². The van der Waals surface area contributed by atoms with Crippen molar-refractivity contribution in [2.24, 2.45) is 0 Å². The smallest absolute Gasteiger partial charge is 0.283 e. The van der Waals surface area contributed by atoms with Gasteiger partial charge in [0.05, 0.1) is 11.1 Å². The normalized spacial score (nSPS) is 12.7. The monoisotopic (exact) mass is 391 g/mol. The molecule has 2 aromatic rings. The number of carbonyl (C=O) groups excluding carboxylic acids is 1. The zero-order valence-corrected chi connectivity index (χ0v) is 14.9. The Kier molecular flexibility index (Phi) is 6.63. The molecule has 1 aromatic carbocycles. The van der Waals surface area contributed by atoms with Crippen molar-refractivity contribution in [2.45, 2.75) is 45.7 Å². The van der Waals surface area contributed by atoms with Crippen LogP contribution in [0.2, 0.25) is 5.02 Å². The summed E-state index contributed by atoms with van der Waals surface area (Å²) in [6.45, 7) is 3.15. The predicted molar refractivity (Wildman–Crippen MR) is 89.5 cm³/mol. The number of benzene rings is 1. The van der Waals surface area contributed by atoms with Crippen molar-refractivity contribution in [2.75, 3.05) is 0 Å². The Hall–Kier alpha value is -2.09. The summed E-state index contributed by atoms with van der Waals surface area (Å²) in [7, 11) is 0. The highest BCUT2D eigenvalue weighted by Crippen LogP contribution is 2.34. The summed E-state index contributed by atoms with van der Waals surface area (Å²) in [5, 5.41) is 5.27. The molecule has 0 fully saturated rings. The van der Waals surface area contributed by atoms with E-state index < -0.39 is 41.7 Å². The van der Waals surface area contributed by atoms with Crippen molar-refractivity contribution in [3.05, 3.63) is 51.8 Å². The molecule has 0 aliphatic heterocycles. The minimum atomic E-state index is -3.13. The summed E-state index contributed by atoms with van der Waals surface area (Å²) in [5.41, 5.74) is 0.0651. The van der Waals surface area contributed by atoms with Crippen molar-refractivity contribution in [3.8, 4) is 0 Å². The first-order valence-electron chi connectivity index (χ1n) is 7.92. The third-order valence-corrected chi connectivity index (χ3v) is 4.27. The average Bonchev–Trinajstić information content (AvgIpc) is 2.90. The highest BCUT2D eigenvalue weighted by molar-refractivity contribution is 6.32. The van der Waals surface area contributed by atoms with Gasteiger partial charge in [-0.05, 0) is 18.9 Å². The largest absolute Gasteiger partial charge is 0.348 e. The van der Waals surface area contributed by atoms with Crippen LogP contribution >= 0.6 is 11.6 Å². The summed E-state index contributed by atoms with van der Waals surface area (Å²) < 4.78 is 52.5. The van der Waals surface area contributed by atoms with Crippen LogP contribution in [0.1, 0.15) is 54.8 Å². The van der Waals surface area contributed by atoms with E-state index in [0.717, 1.165) is 11.1 Å². The van der Waals surface area contributed by atoms with Crippen LogP contribution in [0, 0.1) is 6.92 Å². The third kappa shape index (κ3) is 4.55. The Balaban J connectivity index is 2.18. The number of halogens is 5. The first-order chi connectivity index (χ1) is 12.2. The molecule has 1 amide bonds. The number of alkyl halides is 4. The summed E-state index contributed by atoms with van der Waals surface area (Å²) in [4.78, 5) is 12.2. The molecule has 142 valence electrons. The zero-order chi connectivity index (χ0) is 19.4. The lowest BCUT2D eigenvalue weighted by atomic mass is 10.0. The first-order valence-corrected chi connectivity index (χ1v) is 8.30. The van der Waals surface area contributed by atoms with E-state index in [1.807, 2.05) is 38.1 Å². The maximum atomic E-state index is 13.1. The fourth-order valence-corrected chi connectivity index (χ4v) is 2.84. The van der Waals surface area contributed by atoms with Crippen LogP contribution in [0.3, 0.4) is 0 Å². The van der Waals surface area contributed by atoms with Crippen LogP contribution in [0.15, 0.2) is 24.3 Å². The second kappa shape index (κ2) is 8.53. The van der Waals surface area contributed by atoms with Gasteiger partial charge >= 0.3 is 0 Å². The predicted octanol–water partition coefficient (Wildman–Crippen LogP) is 4.99. The number of aryl methyl sites for hydroxylation is 1. The highest BCUT2D eigenvalue weighted by Gasteiger charge is 2.29. The molecule has 1 aromatic heterocycles. The van der Waals surface area contributed by atoms with Gasteiger partial charge in [0.15, 0.2) is 0 Å². The van der Waals surface area contributed by atoms with Crippen molar-refractivity contribution < 1.29 is 22.4 Å². The van der Waals surface area contributed by atoms with Gasteiger partial charge in [0.25, 0.3) is 12.9 Å². The van der Waals surface area contributed by atoms with Crippen LogP contribution in [0.25, 0.3) is 0 Å². The SMILES string of the molecule is CCC(NC(=O)Cn1nc(C(F)F)c(Cl)c1C(F)F)c1ccc(C)cc1. The van der Waals surface area contributed by atoms with Crippen molar-refractivity contribution >= 4 is 17.5 Å². The molecular formula is C17H18ClF4N3O. The third-order valence-electron chi connectivity index (χ3n) is 3.89. The molecule has 1 atom stereocenters. The molecule has 2 rings (SSSR count). The molecule has 0 spiro atoms. The van der Waals surface area contributed by atoms with Gasteiger partial charge in [-0.2, -0.15) is 5.10 Å². The fraction of sp³-hybridized carbons (Fsp3) is 0.412. The van der Waals surface area contributed by atoms with E-state index in [1.165, 1.54) is 0 Å². The lowest BCUT2D eigenvalue weighted by molar-refractivity contribution is -0.122. The van der Waals surface area contributed by atoms with Crippen molar-refractivity contribution in [1.29, 1.82) is 0 Å². The molecular weight excluding hydrogens is 374 g/mol. The Morgan fingerprint density at radius 3 is 2.31 bits per heavy atom. The van der Waals surface area contributed by atoms with E-state index >= 15 is 0 Å². The van der Waals surface area contributed by atoms with Crippen LogP contribution in [0.4, 0.5) is 17.6 Å². The van der Waals surface area contributed by atoms with Crippen LogP contribution < -0.4 is 5.32 Å². The molecule has 26 heavy (non-hydrogen) atoms. The van der Waals surface area contributed by atoms with Crippen molar-refractivity contribution in [1.82, 2.24) is 15.1 Å². The quantitative estimate of drug-likeness (QED) is 0.676. The molecule has 0 aliphatic carbocycles.